The number of nitrogens with zero attached hydrogens (tertiary/aromatic N) is 2. The lowest BCUT2D eigenvalue weighted by atomic mass is 10.1. The molecule has 0 spiro atoms. The Balaban J connectivity index is 1.72. The molecule has 3 rings (SSSR count). The van der Waals surface area contributed by atoms with E-state index in [0.717, 1.165) is 5.56 Å². The summed E-state index contributed by atoms with van der Waals surface area (Å²) >= 11 is 0. The van der Waals surface area contributed by atoms with E-state index >= 15 is 0 Å². The van der Waals surface area contributed by atoms with E-state index in [0.29, 0.717) is 37.4 Å². The monoisotopic (exact) mass is 388 g/mol. The van der Waals surface area contributed by atoms with Crippen molar-refractivity contribution < 1.29 is 17.9 Å². The molecule has 0 atom stereocenters. The summed E-state index contributed by atoms with van der Waals surface area (Å²) in [4.78, 5) is 14.7. The molecule has 7 heteroatoms. The van der Waals surface area contributed by atoms with E-state index in [2.05, 4.69) is 0 Å². The van der Waals surface area contributed by atoms with Crippen LogP contribution in [0.15, 0.2) is 53.4 Å². The topological polar surface area (TPSA) is 66.9 Å². The summed E-state index contributed by atoms with van der Waals surface area (Å²) in [6.07, 6.45) is 0.604. The van der Waals surface area contributed by atoms with Crippen LogP contribution < -0.4 is 4.74 Å². The molecule has 0 saturated carbocycles. The number of carbonyl (C=O) groups excluding carboxylic acids is 1. The Hall–Kier alpha value is -2.38. The van der Waals surface area contributed by atoms with Crippen LogP contribution in [0.1, 0.15) is 22.3 Å². The molecule has 1 aliphatic heterocycles. The summed E-state index contributed by atoms with van der Waals surface area (Å²) in [5.74, 6) is 0.558. The number of hydrogen-bond acceptors (Lipinski definition) is 4. The third-order valence-corrected chi connectivity index (χ3v) is 6.62. The molecule has 27 heavy (non-hydrogen) atoms. The fraction of sp³-hybridized carbons (Fsp3) is 0.350. The van der Waals surface area contributed by atoms with Crippen molar-refractivity contribution in [3.63, 3.8) is 0 Å². The molecule has 6 nitrogen and oxygen atoms in total. The van der Waals surface area contributed by atoms with E-state index in [-0.39, 0.29) is 17.3 Å². The molecule has 2 aromatic carbocycles. The Morgan fingerprint density at radius 1 is 1.00 bits per heavy atom. The van der Waals surface area contributed by atoms with Gasteiger partial charge in [-0.05, 0) is 49.7 Å². The molecule has 0 bridgehead atoms. The van der Waals surface area contributed by atoms with Gasteiger partial charge in [-0.1, -0.05) is 17.7 Å². The number of benzene rings is 2. The first-order valence-electron chi connectivity index (χ1n) is 8.92. The molecule has 0 aliphatic carbocycles. The number of aryl methyl sites for hydroxylation is 1. The predicted octanol–water partition coefficient (Wildman–Crippen LogP) is 2.54. The zero-order valence-corrected chi connectivity index (χ0v) is 16.4. The van der Waals surface area contributed by atoms with Crippen molar-refractivity contribution >= 4 is 15.9 Å². The number of carbonyl (C=O) groups is 1. The first kappa shape index (κ1) is 19.4. The Morgan fingerprint density at radius 2 is 1.74 bits per heavy atom. The van der Waals surface area contributed by atoms with Crippen LogP contribution in [0.4, 0.5) is 0 Å². The van der Waals surface area contributed by atoms with Crippen LogP contribution in [0.25, 0.3) is 0 Å². The van der Waals surface area contributed by atoms with Gasteiger partial charge in [0, 0.05) is 31.7 Å². The van der Waals surface area contributed by atoms with Crippen LogP contribution in [0, 0.1) is 6.92 Å². The van der Waals surface area contributed by atoms with Gasteiger partial charge in [0.2, 0.25) is 10.0 Å². The van der Waals surface area contributed by atoms with Crippen LogP contribution in [0.5, 0.6) is 5.75 Å². The fourth-order valence-corrected chi connectivity index (χ4v) is 4.66. The van der Waals surface area contributed by atoms with Gasteiger partial charge in [0.05, 0.1) is 12.0 Å². The van der Waals surface area contributed by atoms with Gasteiger partial charge in [0.15, 0.2) is 0 Å². The van der Waals surface area contributed by atoms with Crippen LogP contribution >= 0.6 is 0 Å². The molecule has 1 aliphatic rings. The van der Waals surface area contributed by atoms with Crippen molar-refractivity contribution in [3.8, 4) is 5.75 Å². The number of methoxy groups -OCH3 is 1. The third kappa shape index (κ3) is 4.31. The van der Waals surface area contributed by atoms with Gasteiger partial charge < -0.3 is 9.64 Å². The Kier molecular flexibility index (Phi) is 5.82. The van der Waals surface area contributed by atoms with Gasteiger partial charge in [-0.25, -0.2) is 8.42 Å². The summed E-state index contributed by atoms with van der Waals surface area (Å²) in [6.45, 7) is 3.55. The molecule has 0 unspecified atom stereocenters. The lowest BCUT2D eigenvalue weighted by Crippen LogP contribution is -2.37. The highest BCUT2D eigenvalue weighted by Gasteiger charge is 2.28. The normalized spacial score (nSPS) is 16.0. The van der Waals surface area contributed by atoms with Crippen LogP contribution in [0.2, 0.25) is 0 Å². The fourth-order valence-electron chi connectivity index (χ4n) is 3.19. The molecule has 1 amide bonds. The van der Waals surface area contributed by atoms with Crippen molar-refractivity contribution in [3.05, 3.63) is 59.7 Å². The minimum atomic E-state index is -3.59. The Labute approximate surface area is 160 Å². The summed E-state index contributed by atoms with van der Waals surface area (Å²) in [6, 6.07) is 13.8. The van der Waals surface area contributed by atoms with Gasteiger partial charge in [0.25, 0.3) is 5.91 Å². The number of sulfonamides is 1. The quantitative estimate of drug-likeness (QED) is 0.807. The SMILES string of the molecule is COc1ccc(S(=O)(=O)N2CCCN(C(=O)c3cccc(C)c3)CC2)cc1. The maximum Gasteiger partial charge on any atom is 0.253 e. The summed E-state index contributed by atoms with van der Waals surface area (Å²) in [7, 11) is -2.05. The van der Waals surface area contributed by atoms with E-state index in [1.807, 2.05) is 25.1 Å². The molecule has 0 radical (unpaired) electrons. The lowest BCUT2D eigenvalue weighted by molar-refractivity contribution is 0.0764. The molecular formula is C20H24N2O4S. The minimum Gasteiger partial charge on any atom is -0.497 e. The van der Waals surface area contributed by atoms with Crippen molar-refractivity contribution in [1.82, 2.24) is 9.21 Å². The van der Waals surface area contributed by atoms with Gasteiger partial charge >= 0.3 is 0 Å². The second kappa shape index (κ2) is 8.10. The van der Waals surface area contributed by atoms with Crippen molar-refractivity contribution in [1.29, 1.82) is 0 Å². The van der Waals surface area contributed by atoms with E-state index < -0.39 is 10.0 Å². The second-order valence-corrected chi connectivity index (χ2v) is 8.53. The molecule has 1 saturated heterocycles. The number of hydrogen-bond donors (Lipinski definition) is 0. The smallest absolute Gasteiger partial charge is 0.253 e. The molecule has 1 fully saturated rings. The Morgan fingerprint density at radius 3 is 2.41 bits per heavy atom. The maximum absolute atomic E-state index is 12.9. The van der Waals surface area contributed by atoms with Crippen LogP contribution in [-0.2, 0) is 10.0 Å². The molecule has 144 valence electrons. The van der Waals surface area contributed by atoms with Gasteiger partial charge in [0.1, 0.15) is 5.75 Å². The predicted molar refractivity (Wildman–Crippen MR) is 103 cm³/mol. The summed E-state index contributed by atoms with van der Waals surface area (Å²) in [5.41, 5.74) is 1.67. The molecule has 1 heterocycles. The second-order valence-electron chi connectivity index (χ2n) is 6.59. The molecule has 0 N–H and O–H groups in total. The maximum atomic E-state index is 12.9. The summed E-state index contributed by atoms with van der Waals surface area (Å²) < 4.78 is 32.4. The zero-order chi connectivity index (χ0) is 19.4. The van der Waals surface area contributed by atoms with E-state index in [1.54, 1.807) is 35.2 Å². The van der Waals surface area contributed by atoms with Crippen molar-refractivity contribution in [2.24, 2.45) is 0 Å². The largest absolute Gasteiger partial charge is 0.497 e. The van der Waals surface area contributed by atoms with E-state index in [4.69, 9.17) is 4.74 Å². The average Bonchev–Trinajstić information content (AvgIpc) is 2.94. The molecule has 0 aromatic heterocycles. The van der Waals surface area contributed by atoms with Gasteiger partial charge in [-0.2, -0.15) is 4.31 Å². The van der Waals surface area contributed by atoms with E-state index in [9.17, 15) is 13.2 Å². The Bertz CT molecular complexity index is 910. The third-order valence-electron chi connectivity index (χ3n) is 4.70. The highest BCUT2D eigenvalue weighted by molar-refractivity contribution is 7.89. The molecule has 2 aromatic rings. The van der Waals surface area contributed by atoms with Crippen molar-refractivity contribution in [2.45, 2.75) is 18.2 Å². The highest BCUT2D eigenvalue weighted by atomic mass is 32.2. The molecular weight excluding hydrogens is 364 g/mol. The lowest BCUT2D eigenvalue weighted by Gasteiger charge is -2.22. The van der Waals surface area contributed by atoms with E-state index in [1.165, 1.54) is 11.4 Å². The van der Waals surface area contributed by atoms with Crippen molar-refractivity contribution in [2.75, 3.05) is 33.3 Å². The van der Waals surface area contributed by atoms with Gasteiger partial charge in [-0.15, -0.1) is 0 Å². The zero-order valence-electron chi connectivity index (χ0n) is 15.6. The summed E-state index contributed by atoms with van der Waals surface area (Å²) in [5, 5.41) is 0. The number of rotatable bonds is 4. The first-order chi connectivity index (χ1) is 12.9. The highest BCUT2D eigenvalue weighted by Crippen LogP contribution is 2.21. The standard InChI is InChI=1S/C20H24N2O4S/c1-16-5-3-6-17(15-16)20(23)21-11-4-12-22(14-13-21)27(24,25)19-9-7-18(26-2)8-10-19/h3,5-10,15H,4,11-14H2,1-2H3. The number of ether oxygens (including phenoxy) is 1. The first-order valence-corrected chi connectivity index (χ1v) is 10.4. The van der Waals surface area contributed by atoms with Crippen LogP contribution in [0.3, 0.4) is 0 Å². The van der Waals surface area contributed by atoms with Gasteiger partial charge in [-0.3, -0.25) is 4.79 Å². The average molecular weight is 388 g/mol. The minimum absolute atomic E-state index is 0.0533. The van der Waals surface area contributed by atoms with Crippen LogP contribution in [-0.4, -0.2) is 56.8 Å². The number of amides is 1.